The number of piperidine rings is 1. The van der Waals surface area contributed by atoms with Gasteiger partial charge in [-0.3, -0.25) is 9.89 Å². The van der Waals surface area contributed by atoms with Crippen LogP contribution in [0.15, 0.2) is 17.3 Å². The standard InChI is InChI=1S/C9H13N3O4S/c13-9(14)7-2-1-3-12(6-7)17(15,16)8-4-10-11-5-8/h4-5,7H,1-3,6H2,(H,10,11)(H,13,14)/t7-/m0/s1. The molecule has 1 fully saturated rings. The fraction of sp³-hybridized carbons (Fsp3) is 0.556. The molecule has 2 N–H and O–H groups in total. The van der Waals surface area contributed by atoms with E-state index in [0.29, 0.717) is 19.4 Å². The summed E-state index contributed by atoms with van der Waals surface area (Å²) in [7, 11) is -3.61. The van der Waals surface area contributed by atoms with Gasteiger partial charge >= 0.3 is 5.97 Å². The monoisotopic (exact) mass is 259 g/mol. The fourth-order valence-corrected chi connectivity index (χ4v) is 3.32. The first-order valence-electron chi connectivity index (χ1n) is 5.23. The van der Waals surface area contributed by atoms with Gasteiger partial charge in [0.2, 0.25) is 10.0 Å². The molecule has 1 aromatic rings. The van der Waals surface area contributed by atoms with E-state index < -0.39 is 21.9 Å². The SMILES string of the molecule is O=C(O)[C@H]1CCCN(S(=O)(=O)c2cn[nH]c2)C1. The Morgan fingerprint density at radius 1 is 1.59 bits per heavy atom. The van der Waals surface area contributed by atoms with Gasteiger partial charge in [0.1, 0.15) is 4.90 Å². The van der Waals surface area contributed by atoms with E-state index in [2.05, 4.69) is 10.2 Å². The number of rotatable bonds is 3. The Kier molecular flexibility index (Phi) is 3.16. The third-order valence-corrected chi connectivity index (χ3v) is 4.67. The summed E-state index contributed by atoms with van der Waals surface area (Å²) in [4.78, 5) is 10.9. The van der Waals surface area contributed by atoms with Crippen molar-refractivity contribution in [2.45, 2.75) is 17.7 Å². The molecule has 1 aliphatic rings. The van der Waals surface area contributed by atoms with Crippen LogP contribution in [0, 0.1) is 5.92 Å². The zero-order valence-electron chi connectivity index (χ0n) is 9.04. The van der Waals surface area contributed by atoms with Gasteiger partial charge in [0.05, 0.1) is 12.1 Å². The number of aromatic amines is 1. The van der Waals surface area contributed by atoms with Gasteiger partial charge < -0.3 is 5.11 Å². The molecule has 0 unspecified atom stereocenters. The van der Waals surface area contributed by atoms with Crippen LogP contribution in [0.25, 0.3) is 0 Å². The van der Waals surface area contributed by atoms with Gasteiger partial charge in [0.15, 0.2) is 0 Å². The number of H-pyrrole nitrogens is 1. The highest BCUT2D eigenvalue weighted by Crippen LogP contribution is 2.23. The van der Waals surface area contributed by atoms with E-state index in [0.717, 1.165) is 0 Å². The Hall–Kier alpha value is -1.41. The lowest BCUT2D eigenvalue weighted by Gasteiger charge is -2.29. The average molecular weight is 259 g/mol. The predicted octanol–water partition coefficient (Wildman–Crippen LogP) is -0.105. The maximum absolute atomic E-state index is 12.1. The minimum atomic E-state index is -3.61. The van der Waals surface area contributed by atoms with Crippen molar-refractivity contribution in [3.8, 4) is 0 Å². The summed E-state index contributed by atoms with van der Waals surface area (Å²) in [6, 6.07) is 0. The van der Waals surface area contributed by atoms with Crippen LogP contribution in [0.3, 0.4) is 0 Å². The molecule has 1 aliphatic heterocycles. The van der Waals surface area contributed by atoms with Crippen molar-refractivity contribution in [3.63, 3.8) is 0 Å². The van der Waals surface area contributed by atoms with Crippen molar-refractivity contribution in [2.24, 2.45) is 5.92 Å². The largest absolute Gasteiger partial charge is 0.481 e. The fourth-order valence-electron chi connectivity index (χ4n) is 1.89. The zero-order valence-corrected chi connectivity index (χ0v) is 9.85. The smallest absolute Gasteiger partial charge is 0.307 e. The number of nitrogens with zero attached hydrogens (tertiary/aromatic N) is 2. The van der Waals surface area contributed by atoms with E-state index in [4.69, 9.17) is 5.11 Å². The second-order valence-electron chi connectivity index (χ2n) is 3.97. The average Bonchev–Trinajstić information content (AvgIpc) is 2.83. The van der Waals surface area contributed by atoms with E-state index in [-0.39, 0.29) is 11.4 Å². The maximum Gasteiger partial charge on any atom is 0.307 e. The Labute approximate surface area is 98.5 Å². The highest BCUT2D eigenvalue weighted by Gasteiger charge is 2.33. The Morgan fingerprint density at radius 3 is 2.94 bits per heavy atom. The third-order valence-electron chi connectivity index (χ3n) is 2.84. The van der Waals surface area contributed by atoms with Crippen molar-refractivity contribution >= 4 is 16.0 Å². The Balaban J connectivity index is 2.20. The highest BCUT2D eigenvalue weighted by atomic mass is 32.2. The molecule has 1 atom stereocenters. The zero-order chi connectivity index (χ0) is 12.5. The summed E-state index contributed by atoms with van der Waals surface area (Å²) in [6.07, 6.45) is 3.60. The first kappa shape index (κ1) is 12.1. The maximum atomic E-state index is 12.1. The number of hydrogen-bond acceptors (Lipinski definition) is 4. The molecule has 8 heteroatoms. The molecular formula is C9H13N3O4S. The summed E-state index contributed by atoms with van der Waals surface area (Å²) in [5.74, 6) is -1.57. The van der Waals surface area contributed by atoms with Gasteiger partial charge in [-0.25, -0.2) is 8.42 Å². The molecule has 7 nitrogen and oxygen atoms in total. The Bertz CT molecular complexity index is 496. The first-order valence-corrected chi connectivity index (χ1v) is 6.67. The molecule has 2 rings (SSSR count). The summed E-state index contributed by atoms with van der Waals surface area (Å²) in [6.45, 7) is 0.389. The van der Waals surface area contributed by atoms with Crippen LogP contribution < -0.4 is 0 Å². The molecule has 2 heterocycles. The number of nitrogens with one attached hydrogen (secondary N) is 1. The normalized spacial score (nSPS) is 22.5. The van der Waals surface area contributed by atoms with Gasteiger partial charge in [-0.05, 0) is 12.8 Å². The van der Waals surface area contributed by atoms with Gasteiger partial charge in [0, 0.05) is 19.3 Å². The molecule has 0 saturated carbocycles. The molecule has 1 saturated heterocycles. The Morgan fingerprint density at radius 2 is 2.35 bits per heavy atom. The van der Waals surface area contributed by atoms with E-state index in [1.54, 1.807) is 0 Å². The molecule has 0 bridgehead atoms. The van der Waals surface area contributed by atoms with Crippen molar-refractivity contribution in [1.29, 1.82) is 0 Å². The van der Waals surface area contributed by atoms with Crippen molar-refractivity contribution in [2.75, 3.05) is 13.1 Å². The molecule has 0 aromatic carbocycles. The second-order valence-corrected chi connectivity index (χ2v) is 5.91. The predicted molar refractivity (Wildman–Crippen MR) is 57.7 cm³/mol. The van der Waals surface area contributed by atoms with Gasteiger partial charge in [-0.2, -0.15) is 9.40 Å². The number of carboxylic acid groups (broad SMARTS) is 1. The van der Waals surface area contributed by atoms with Crippen LogP contribution in [0.4, 0.5) is 0 Å². The second kappa shape index (κ2) is 4.46. The number of aromatic nitrogens is 2. The minimum absolute atomic E-state index is 0.0306. The quantitative estimate of drug-likeness (QED) is 0.788. The van der Waals surface area contributed by atoms with Crippen molar-refractivity contribution in [3.05, 3.63) is 12.4 Å². The highest BCUT2D eigenvalue weighted by molar-refractivity contribution is 7.89. The number of carbonyl (C=O) groups is 1. The van der Waals surface area contributed by atoms with E-state index in [1.165, 1.54) is 16.7 Å². The lowest BCUT2D eigenvalue weighted by Crippen LogP contribution is -2.42. The van der Waals surface area contributed by atoms with Crippen LogP contribution in [0.5, 0.6) is 0 Å². The summed E-state index contributed by atoms with van der Waals surface area (Å²) in [5, 5.41) is 14.9. The van der Waals surface area contributed by atoms with Crippen molar-refractivity contribution in [1.82, 2.24) is 14.5 Å². The van der Waals surface area contributed by atoms with E-state index >= 15 is 0 Å². The summed E-state index contributed by atoms with van der Waals surface area (Å²) in [5.41, 5.74) is 0. The first-order chi connectivity index (χ1) is 8.01. The van der Waals surface area contributed by atoms with Crippen LogP contribution in [0.2, 0.25) is 0 Å². The molecule has 0 amide bonds. The minimum Gasteiger partial charge on any atom is -0.481 e. The van der Waals surface area contributed by atoms with Gasteiger partial charge in [0.25, 0.3) is 0 Å². The number of aliphatic carboxylic acids is 1. The lowest BCUT2D eigenvalue weighted by atomic mass is 10.0. The van der Waals surface area contributed by atoms with Crippen LogP contribution in [-0.2, 0) is 14.8 Å². The van der Waals surface area contributed by atoms with Gasteiger partial charge in [-0.1, -0.05) is 0 Å². The summed E-state index contributed by atoms with van der Waals surface area (Å²) >= 11 is 0. The van der Waals surface area contributed by atoms with E-state index in [1.807, 2.05) is 0 Å². The third kappa shape index (κ3) is 2.32. The van der Waals surface area contributed by atoms with Gasteiger partial charge in [-0.15, -0.1) is 0 Å². The molecular weight excluding hydrogens is 246 g/mol. The van der Waals surface area contributed by atoms with Crippen molar-refractivity contribution < 1.29 is 18.3 Å². The summed E-state index contributed by atoms with van der Waals surface area (Å²) < 4.78 is 25.4. The van der Waals surface area contributed by atoms with Crippen LogP contribution >= 0.6 is 0 Å². The molecule has 0 radical (unpaired) electrons. The molecule has 0 spiro atoms. The molecule has 1 aromatic heterocycles. The van der Waals surface area contributed by atoms with Crippen LogP contribution in [0.1, 0.15) is 12.8 Å². The van der Waals surface area contributed by atoms with E-state index in [9.17, 15) is 13.2 Å². The topological polar surface area (TPSA) is 103 Å². The van der Waals surface area contributed by atoms with Crippen LogP contribution in [-0.4, -0.2) is 47.1 Å². The number of hydrogen-bond donors (Lipinski definition) is 2. The number of carboxylic acids is 1. The molecule has 17 heavy (non-hydrogen) atoms. The molecule has 0 aliphatic carbocycles. The number of sulfonamides is 1. The molecule has 94 valence electrons. The lowest BCUT2D eigenvalue weighted by molar-refractivity contribution is -0.142.